The summed E-state index contributed by atoms with van der Waals surface area (Å²) < 4.78 is 53.9. The number of aryl methyl sites for hydroxylation is 2. The van der Waals surface area contributed by atoms with Crippen molar-refractivity contribution in [2.75, 3.05) is 37.8 Å². The Morgan fingerprint density at radius 1 is 0.976 bits per heavy atom. The van der Waals surface area contributed by atoms with Crippen LogP contribution in [0.2, 0.25) is 10.0 Å². The van der Waals surface area contributed by atoms with E-state index in [0.29, 0.717) is 53.0 Å². The summed E-state index contributed by atoms with van der Waals surface area (Å²) in [4.78, 5) is 15.1. The minimum atomic E-state index is -4.42. The Morgan fingerprint density at radius 2 is 1.62 bits per heavy atom. The van der Waals surface area contributed by atoms with E-state index in [4.69, 9.17) is 43.1 Å². The lowest BCUT2D eigenvalue weighted by molar-refractivity contribution is -0.153. The number of halogens is 6. The Kier molecular flexibility index (Phi) is 12.1. The SMILES string of the molecule is Cc1cc(Cl)c(OCCOc2ccc(CC(CN)C(=O)N3CCCc4cc(OCC(F)(F)F)ccc43)cc2)c(Cl)c1.Cl. The highest BCUT2D eigenvalue weighted by Crippen LogP contribution is 2.34. The topological polar surface area (TPSA) is 74.0 Å². The van der Waals surface area contributed by atoms with Crippen molar-refractivity contribution in [2.24, 2.45) is 11.7 Å². The van der Waals surface area contributed by atoms with Gasteiger partial charge in [0, 0.05) is 18.8 Å². The molecule has 4 rings (SSSR count). The van der Waals surface area contributed by atoms with Gasteiger partial charge in [-0.05, 0) is 85.3 Å². The van der Waals surface area contributed by atoms with Crippen LogP contribution in [0.4, 0.5) is 18.9 Å². The van der Waals surface area contributed by atoms with Crippen LogP contribution in [0.15, 0.2) is 54.6 Å². The molecule has 12 heteroatoms. The number of ether oxygens (including phenoxy) is 3. The van der Waals surface area contributed by atoms with Crippen LogP contribution in [-0.4, -0.2) is 45.0 Å². The first kappa shape index (κ1) is 33.6. The lowest BCUT2D eigenvalue weighted by Crippen LogP contribution is -2.42. The maximum atomic E-state index is 13.5. The van der Waals surface area contributed by atoms with E-state index in [0.717, 1.165) is 16.7 Å². The van der Waals surface area contributed by atoms with E-state index in [1.807, 2.05) is 31.2 Å². The van der Waals surface area contributed by atoms with Crippen molar-refractivity contribution < 1.29 is 32.2 Å². The average molecular weight is 648 g/mol. The minimum absolute atomic E-state index is 0. The van der Waals surface area contributed by atoms with Crippen LogP contribution in [-0.2, 0) is 17.6 Å². The molecule has 1 heterocycles. The van der Waals surface area contributed by atoms with Gasteiger partial charge in [-0.1, -0.05) is 35.3 Å². The fourth-order valence-corrected chi connectivity index (χ4v) is 5.39. The summed E-state index contributed by atoms with van der Waals surface area (Å²) in [5, 5.41) is 0.882. The summed E-state index contributed by atoms with van der Waals surface area (Å²) >= 11 is 12.4. The van der Waals surface area contributed by atoms with Gasteiger partial charge in [0.2, 0.25) is 5.91 Å². The number of rotatable bonds is 11. The molecule has 3 aromatic carbocycles. The van der Waals surface area contributed by atoms with Crippen LogP contribution in [0.1, 0.15) is 23.1 Å². The second-order valence-electron chi connectivity index (χ2n) is 9.82. The van der Waals surface area contributed by atoms with Gasteiger partial charge in [-0.15, -0.1) is 12.4 Å². The number of nitrogens with two attached hydrogens (primary N) is 1. The first-order valence-electron chi connectivity index (χ1n) is 13.2. The third-order valence-electron chi connectivity index (χ3n) is 6.62. The maximum absolute atomic E-state index is 13.5. The number of hydrogen-bond acceptors (Lipinski definition) is 5. The normalized spacial score (nSPS) is 13.5. The third-order valence-corrected chi connectivity index (χ3v) is 7.18. The van der Waals surface area contributed by atoms with E-state index in [-0.39, 0.29) is 43.8 Å². The highest BCUT2D eigenvalue weighted by atomic mass is 35.5. The van der Waals surface area contributed by atoms with E-state index < -0.39 is 18.7 Å². The lowest BCUT2D eigenvalue weighted by Gasteiger charge is -2.32. The molecule has 0 bridgehead atoms. The number of benzene rings is 3. The summed E-state index contributed by atoms with van der Waals surface area (Å²) in [5.74, 6) is 0.599. The summed E-state index contributed by atoms with van der Waals surface area (Å²) in [6.07, 6.45) is -2.65. The van der Waals surface area contributed by atoms with Crippen LogP contribution in [0.5, 0.6) is 17.2 Å². The first-order valence-corrected chi connectivity index (χ1v) is 13.9. The van der Waals surface area contributed by atoms with Gasteiger partial charge in [0.15, 0.2) is 12.4 Å². The van der Waals surface area contributed by atoms with Crippen molar-refractivity contribution in [2.45, 2.75) is 32.4 Å². The molecule has 0 fully saturated rings. The Hall–Kier alpha value is -2.85. The quantitative estimate of drug-likeness (QED) is 0.223. The average Bonchev–Trinajstić information content (AvgIpc) is 2.93. The standard InChI is InChI=1S/C30H31Cl2F3N2O4.ClH/c1-19-13-25(31)28(26(32)14-19)40-12-11-39-23-6-4-20(5-7-23)15-22(17-36)29(38)37-10-2-3-21-16-24(8-9-27(21)37)41-18-30(33,34)35;/h4-9,13-14,16,22H,2-3,10-12,15,17-18,36H2,1H3;1H. The number of hydrogen-bond donors (Lipinski definition) is 1. The van der Waals surface area contributed by atoms with Gasteiger partial charge in [0.05, 0.1) is 16.0 Å². The van der Waals surface area contributed by atoms with Gasteiger partial charge in [0.1, 0.15) is 24.7 Å². The molecule has 228 valence electrons. The molecule has 1 aliphatic heterocycles. The smallest absolute Gasteiger partial charge is 0.422 e. The summed E-state index contributed by atoms with van der Waals surface area (Å²) in [6.45, 7) is 1.72. The first-order chi connectivity index (χ1) is 19.5. The van der Waals surface area contributed by atoms with Crippen molar-refractivity contribution >= 4 is 47.2 Å². The van der Waals surface area contributed by atoms with Gasteiger partial charge in [0.25, 0.3) is 0 Å². The van der Waals surface area contributed by atoms with E-state index >= 15 is 0 Å². The summed E-state index contributed by atoms with van der Waals surface area (Å²) in [5.41, 5.74) is 9.32. The number of anilines is 1. The molecule has 0 radical (unpaired) electrons. The number of carbonyl (C=O) groups is 1. The Labute approximate surface area is 259 Å². The molecule has 3 aromatic rings. The molecule has 2 N–H and O–H groups in total. The molecule has 0 aliphatic carbocycles. The fourth-order valence-electron chi connectivity index (χ4n) is 4.68. The molecule has 0 saturated carbocycles. The van der Waals surface area contributed by atoms with Crippen LogP contribution < -0.4 is 24.8 Å². The predicted octanol–water partition coefficient (Wildman–Crippen LogP) is 7.22. The number of fused-ring (bicyclic) bond motifs is 1. The molecule has 6 nitrogen and oxygen atoms in total. The van der Waals surface area contributed by atoms with Gasteiger partial charge < -0.3 is 24.8 Å². The number of alkyl halides is 3. The van der Waals surface area contributed by atoms with Crippen LogP contribution in [0.25, 0.3) is 0 Å². The van der Waals surface area contributed by atoms with E-state index in [1.165, 1.54) is 6.07 Å². The second-order valence-corrected chi connectivity index (χ2v) is 10.6. The fraction of sp³-hybridized carbons (Fsp3) is 0.367. The van der Waals surface area contributed by atoms with Crippen LogP contribution >= 0.6 is 35.6 Å². The molecule has 1 unspecified atom stereocenters. The van der Waals surface area contributed by atoms with Gasteiger partial charge >= 0.3 is 6.18 Å². The Morgan fingerprint density at radius 3 is 2.26 bits per heavy atom. The number of carbonyl (C=O) groups excluding carboxylic acids is 1. The molecule has 0 aromatic heterocycles. The highest BCUT2D eigenvalue weighted by Gasteiger charge is 2.30. The Bertz CT molecular complexity index is 1330. The van der Waals surface area contributed by atoms with Crippen molar-refractivity contribution in [3.05, 3.63) is 81.3 Å². The molecule has 42 heavy (non-hydrogen) atoms. The largest absolute Gasteiger partial charge is 0.490 e. The van der Waals surface area contributed by atoms with Crippen LogP contribution in [0.3, 0.4) is 0 Å². The monoisotopic (exact) mass is 646 g/mol. The highest BCUT2D eigenvalue weighted by molar-refractivity contribution is 6.37. The summed E-state index contributed by atoms with van der Waals surface area (Å²) in [7, 11) is 0. The zero-order chi connectivity index (χ0) is 29.6. The van der Waals surface area contributed by atoms with Gasteiger partial charge in [-0.25, -0.2) is 0 Å². The van der Waals surface area contributed by atoms with Crippen molar-refractivity contribution in [1.29, 1.82) is 0 Å². The third kappa shape index (κ3) is 9.07. The van der Waals surface area contributed by atoms with Gasteiger partial charge in [-0.3, -0.25) is 4.79 Å². The maximum Gasteiger partial charge on any atom is 0.422 e. The summed E-state index contributed by atoms with van der Waals surface area (Å²) in [6, 6.07) is 15.6. The molecule has 1 aliphatic rings. The minimum Gasteiger partial charge on any atom is -0.490 e. The molecular formula is C30H32Cl3F3N2O4. The van der Waals surface area contributed by atoms with E-state index in [9.17, 15) is 18.0 Å². The van der Waals surface area contributed by atoms with Crippen molar-refractivity contribution in [3.8, 4) is 17.2 Å². The molecule has 0 saturated heterocycles. The number of amides is 1. The van der Waals surface area contributed by atoms with Crippen molar-refractivity contribution in [3.63, 3.8) is 0 Å². The molecule has 1 amide bonds. The molecular weight excluding hydrogens is 616 g/mol. The predicted molar refractivity (Wildman–Crippen MR) is 161 cm³/mol. The zero-order valence-electron chi connectivity index (χ0n) is 22.9. The molecule has 1 atom stereocenters. The van der Waals surface area contributed by atoms with Crippen molar-refractivity contribution in [1.82, 2.24) is 0 Å². The lowest BCUT2D eigenvalue weighted by atomic mass is 9.95. The molecule has 0 spiro atoms. The van der Waals surface area contributed by atoms with Crippen LogP contribution in [0, 0.1) is 12.8 Å². The zero-order valence-corrected chi connectivity index (χ0v) is 25.2. The van der Waals surface area contributed by atoms with E-state index in [1.54, 1.807) is 29.2 Å². The second kappa shape index (κ2) is 15.0. The number of nitrogens with zero attached hydrogens (tertiary/aromatic N) is 1. The van der Waals surface area contributed by atoms with E-state index in [2.05, 4.69) is 0 Å². The Balaban J connectivity index is 0.00000484. The van der Waals surface area contributed by atoms with Gasteiger partial charge in [-0.2, -0.15) is 13.2 Å².